The molecule has 3 unspecified atom stereocenters. The fraction of sp³-hybridized carbons (Fsp3) is 0.381. The summed E-state index contributed by atoms with van der Waals surface area (Å²) in [5, 5.41) is 26.5. The van der Waals surface area contributed by atoms with Crippen molar-refractivity contribution in [3.05, 3.63) is 48.0 Å². The van der Waals surface area contributed by atoms with E-state index >= 15 is 0 Å². The summed E-state index contributed by atoms with van der Waals surface area (Å²) in [5.74, 6) is -1.33. The molecule has 0 saturated carbocycles. The zero-order valence-corrected chi connectivity index (χ0v) is 15.8. The number of fused-ring (bicyclic) bond motifs is 1. The number of amides is 1. The van der Waals surface area contributed by atoms with Crippen molar-refractivity contribution in [3.8, 4) is 0 Å². The molecular formula is C21H26N2O5. The van der Waals surface area contributed by atoms with Crippen molar-refractivity contribution in [1.82, 2.24) is 10.6 Å². The fourth-order valence-electron chi connectivity index (χ4n) is 3.04. The molecule has 0 spiro atoms. The van der Waals surface area contributed by atoms with E-state index < -0.39 is 30.2 Å². The third kappa shape index (κ3) is 6.44. The number of aldehydes is 1. The minimum Gasteiger partial charge on any atom is -0.481 e. The number of aliphatic carboxylic acids is 1. The lowest BCUT2D eigenvalue weighted by Gasteiger charge is -2.23. The van der Waals surface area contributed by atoms with Crippen LogP contribution in [0.1, 0.15) is 31.7 Å². The van der Waals surface area contributed by atoms with E-state index in [1.54, 1.807) is 6.92 Å². The Kier molecular flexibility index (Phi) is 8.10. The minimum absolute atomic E-state index is 0.0545. The molecule has 0 fully saturated rings. The number of hydrogen-bond donors (Lipinski definition) is 4. The van der Waals surface area contributed by atoms with Crippen LogP contribution in [0.4, 0.5) is 0 Å². The lowest BCUT2D eigenvalue weighted by atomic mass is 9.98. The Balaban J connectivity index is 2.16. The maximum absolute atomic E-state index is 12.6. The first-order valence-corrected chi connectivity index (χ1v) is 9.29. The number of hydrogen-bond acceptors (Lipinski definition) is 5. The molecule has 0 aliphatic heterocycles. The van der Waals surface area contributed by atoms with Crippen LogP contribution in [0.25, 0.3) is 10.8 Å². The maximum Gasteiger partial charge on any atom is 0.303 e. The summed E-state index contributed by atoms with van der Waals surface area (Å²) in [6, 6.07) is 12.2. The molecule has 7 heteroatoms. The average molecular weight is 386 g/mol. The molecule has 0 aliphatic carbocycles. The molecule has 0 bridgehead atoms. The van der Waals surface area contributed by atoms with Crippen LogP contribution in [-0.4, -0.2) is 46.7 Å². The topological polar surface area (TPSA) is 116 Å². The van der Waals surface area contributed by atoms with Gasteiger partial charge in [-0.1, -0.05) is 42.5 Å². The van der Waals surface area contributed by atoms with Crippen LogP contribution in [-0.2, 0) is 20.8 Å². The van der Waals surface area contributed by atoms with Crippen molar-refractivity contribution in [2.45, 2.75) is 50.9 Å². The second-order valence-corrected chi connectivity index (χ2v) is 6.80. The number of carboxylic acids is 1. The molecule has 1 amide bonds. The van der Waals surface area contributed by atoms with Crippen LogP contribution in [0, 0.1) is 0 Å². The Morgan fingerprint density at radius 3 is 2.57 bits per heavy atom. The van der Waals surface area contributed by atoms with Gasteiger partial charge in [-0.15, -0.1) is 0 Å². The molecule has 3 atom stereocenters. The summed E-state index contributed by atoms with van der Waals surface area (Å²) in [6.45, 7) is 1.57. The van der Waals surface area contributed by atoms with Gasteiger partial charge in [0.1, 0.15) is 12.5 Å². The van der Waals surface area contributed by atoms with Gasteiger partial charge in [-0.25, -0.2) is 0 Å². The van der Waals surface area contributed by atoms with Crippen molar-refractivity contribution < 1.29 is 24.6 Å². The molecule has 0 aromatic heterocycles. The van der Waals surface area contributed by atoms with Crippen molar-refractivity contribution in [1.29, 1.82) is 0 Å². The van der Waals surface area contributed by atoms with Crippen molar-refractivity contribution >= 4 is 28.9 Å². The molecule has 28 heavy (non-hydrogen) atoms. The third-order valence-corrected chi connectivity index (χ3v) is 4.46. The zero-order valence-electron chi connectivity index (χ0n) is 15.8. The number of rotatable bonds is 11. The highest BCUT2D eigenvalue weighted by Gasteiger charge is 2.23. The first-order chi connectivity index (χ1) is 13.4. The van der Waals surface area contributed by atoms with Crippen molar-refractivity contribution in [2.24, 2.45) is 0 Å². The van der Waals surface area contributed by atoms with Crippen LogP contribution < -0.4 is 10.6 Å². The van der Waals surface area contributed by atoms with Crippen LogP contribution >= 0.6 is 0 Å². The molecule has 0 heterocycles. The van der Waals surface area contributed by atoms with Crippen molar-refractivity contribution in [3.63, 3.8) is 0 Å². The van der Waals surface area contributed by atoms with Crippen LogP contribution in [0.3, 0.4) is 0 Å². The number of carbonyl (C=O) groups excluding carboxylic acids is 2. The van der Waals surface area contributed by atoms with Gasteiger partial charge in [0.05, 0.1) is 12.1 Å². The van der Waals surface area contributed by atoms with Gasteiger partial charge in [0.25, 0.3) is 0 Å². The third-order valence-electron chi connectivity index (χ3n) is 4.46. The largest absolute Gasteiger partial charge is 0.481 e. The molecule has 0 radical (unpaired) electrons. The standard InChI is InChI=1S/C21H26N2O5/c1-14(13-24)22-21(28)18(23-19(25)10-5-11-20(26)27)12-16-8-4-7-15-6-2-3-9-17(15)16/h2-4,6-9,13-14,18-19,23,25H,5,10-12H2,1H3,(H,22,28)(H,26,27). The van der Waals surface area contributed by atoms with E-state index in [4.69, 9.17) is 5.11 Å². The average Bonchev–Trinajstić information content (AvgIpc) is 2.67. The van der Waals surface area contributed by atoms with Crippen molar-refractivity contribution in [2.75, 3.05) is 0 Å². The van der Waals surface area contributed by atoms with Gasteiger partial charge in [0.2, 0.25) is 5.91 Å². The van der Waals surface area contributed by atoms with Gasteiger partial charge in [-0.3, -0.25) is 14.9 Å². The van der Waals surface area contributed by atoms with E-state index in [-0.39, 0.29) is 19.3 Å². The second kappa shape index (κ2) is 10.5. The molecule has 7 nitrogen and oxygen atoms in total. The predicted octanol–water partition coefficient (Wildman–Crippen LogP) is 1.62. The second-order valence-electron chi connectivity index (χ2n) is 6.80. The molecule has 0 saturated heterocycles. The molecule has 2 rings (SSSR count). The number of nitrogens with one attached hydrogen (secondary N) is 2. The van der Waals surface area contributed by atoms with E-state index in [2.05, 4.69) is 10.6 Å². The summed E-state index contributed by atoms with van der Waals surface area (Å²) in [7, 11) is 0. The Morgan fingerprint density at radius 2 is 1.86 bits per heavy atom. The molecule has 2 aromatic rings. The Bertz CT molecular complexity index is 818. The summed E-state index contributed by atoms with van der Waals surface area (Å²) < 4.78 is 0. The first kappa shape index (κ1) is 21.5. The van der Waals surface area contributed by atoms with Gasteiger partial charge >= 0.3 is 5.97 Å². The number of aliphatic hydroxyl groups excluding tert-OH is 1. The van der Waals surface area contributed by atoms with Gasteiger partial charge in [0.15, 0.2) is 0 Å². The van der Waals surface area contributed by atoms with E-state index in [9.17, 15) is 19.5 Å². The van der Waals surface area contributed by atoms with E-state index in [1.807, 2.05) is 42.5 Å². The van der Waals surface area contributed by atoms with Gasteiger partial charge in [-0.2, -0.15) is 0 Å². The normalized spacial score (nSPS) is 14.2. The Hall–Kier alpha value is -2.77. The minimum atomic E-state index is -1.03. The molecule has 150 valence electrons. The van der Waals surface area contributed by atoms with E-state index in [0.29, 0.717) is 12.7 Å². The summed E-state index contributed by atoms with van der Waals surface area (Å²) in [4.78, 5) is 34.1. The zero-order chi connectivity index (χ0) is 20.5. The predicted molar refractivity (Wildman–Crippen MR) is 106 cm³/mol. The number of benzene rings is 2. The number of carboxylic acid groups (broad SMARTS) is 1. The Morgan fingerprint density at radius 1 is 1.14 bits per heavy atom. The number of aliphatic hydroxyl groups is 1. The molecular weight excluding hydrogens is 360 g/mol. The smallest absolute Gasteiger partial charge is 0.303 e. The fourth-order valence-corrected chi connectivity index (χ4v) is 3.04. The van der Waals surface area contributed by atoms with Gasteiger partial charge < -0.3 is 20.3 Å². The highest BCUT2D eigenvalue weighted by molar-refractivity contribution is 5.88. The summed E-state index contributed by atoms with van der Waals surface area (Å²) in [5.41, 5.74) is 0.933. The highest BCUT2D eigenvalue weighted by atomic mass is 16.4. The Labute approximate surface area is 163 Å². The SMILES string of the molecule is CC(C=O)NC(=O)C(Cc1cccc2ccccc12)NC(O)CCCC(=O)O. The lowest BCUT2D eigenvalue weighted by Crippen LogP contribution is -2.51. The monoisotopic (exact) mass is 386 g/mol. The van der Waals surface area contributed by atoms with E-state index in [0.717, 1.165) is 16.3 Å². The van der Waals surface area contributed by atoms with Gasteiger partial charge in [-0.05, 0) is 42.5 Å². The summed E-state index contributed by atoms with van der Waals surface area (Å²) >= 11 is 0. The maximum atomic E-state index is 12.6. The van der Waals surface area contributed by atoms with E-state index in [1.165, 1.54) is 0 Å². The van der Waals surface area contributed by atoms with Crippen LogP contribution in [0.5, 0.6) is 0 Å². The molecule has 2 aromatic carbocycles. The van der Waals surface area contributed by atoms with Gasteiger partial charge in [0, 0.05) is 6.42 Å². The highest BCUT2D eigenvalue weighted by Crippen LogP contribution is 2.20. The van der Waals surface area contributed by atoms with Crippen LogP contribution in [0.15, 0.2) is 42.5 Å². The summed E-state index contributed by atoms with van der Waals surface area (Å²) in [6.07, 6.45) is 0.356. The molecule has 4 N–H and O–H groups in total. The number of carbonyl (C=O) groups is 3. The molecule has 0 aliphatic rings. The quantitative estimate of drug-likeness (QED) is 0.345. The lowest BCUT2D eigenvalue weighted by molar-refractivity contribution is -0.137. The first-order valence-electron chi connectivity index (χ1n) is 9.29. The van der Waals surface area contributed by atoms with Crippen LogP contribution in [0.2, 0.25) is 0 Å².